The third-order valence-corrected chi connectivity index (χ3v) is 4.04. The highest BCUT2D eigenvalue weighted by Crippen LogP contribution is 2.14. The molecule has 3 aromatic heterocycles. The Kier molecular flexibility index (Phi) is 5.43. The number of hydrogen-bond acceptors (Lipinski definition) is 5. The van der Waals surface area contributed by atoms with Gasteiger partial charge in [-0.25, -0.2) is 4.98 Å². The molecule has 0 fully saturated rings. The minimum atomic E-state index is -0.530. The Morgan fingerprint density at radius 1 is 1.38 bits per heavy atom. The second-order valence-electron chi connectivity index (χ2n) is 6.34. The zero-order chi connectivity index (χ0) is 18.5. The minimum absolute atomic E-state index is 0.221. The topological polar surface area (TPSA) is 109 Å². The van der Waals surface area contributed by atoms with Crippen molar-refractivity contribution in [2.24, 2.45) is 0 Å². The maximum absolute atomic E-state index is 12.4. The Labute approximate surface area is 151 Å². The SMILES string of the molecule is CC(C)c1nccn1Cc1cc(C(=O)NC(CO)c2cccnc2)n[nH]1. The van der Waals surface area contributed by atoms with Crippen molar-refractivity contribution >= 4 is 5.91 Å². The number of nitrogens with one attached hydrogen (secondary N) is 2. The molecule has 1 amide bonds. The van der Waals surface area contributed by atoms with Gasteiger partial charge in [0.2, 0.25) is 0 Å². The Hall–Kier alpha value is -3.00. The highest BCUT2D eigenvalue weighted by atomic mass is 16.3. The van der Waals surface area contributed by atoms with E-state index in [1.165, 1.54) is 0 Å². The van der Waals surface area contributed by atoms with E-state index in [2.05, 4.69) is 39.3 Å². The van der Waals surface area contributed by atoms with Gasteiger partial charge in [0.25, 0.3) is 5.91 Å². The average molecular weight is 354 g/mol. The number of rotatable bonds is 7. The number of carbonyl (C=O) groups excluding carboxylic acids is 1. The lowest BCUT2D eigenvalue weighted by Crippen LogP contribution is -2.31. The predicted octanol–water partition coefficient (Wildman–Crippen LogP) is 1.64. The molecule has 0 aromatic carbocycles. The highest BCUT2D eigenvalue weighted by Gasteiger charge is 2.18. The lowest BCUT2D eigenvalue weighted by Gasteiger charge is -2.15. The van der Waals surface area contributed by atoms with E-state index in [0.717, 1.165) is 17.1 Å². The van der Waals surface area contributed by atoms with Crippen LogP contribution in [-0.2, 0) is 6.54 Å². The Morgan fingerprint density at radius 2 is 2.23 bits per heavy atom. The van der Waals surface area contributed by atoms with Crippen LogP contribution in [0.4, 0.5) is 0 Å². The molecule has 0 aliphatic rings. The van der Waals surface area contributed by atoms with Crippen LogP contribution in [0.15, 0.2) is 43.0 Å². The molecule has 3 aromatic rings. The second kappa shape index (κ2) is 7.92. The quantitative estimate of drug-likeness (QED) is 0.598. The Morgan fingerprint density at radius 3 is 2.92 bits per heavy atom. The zero-order valence-electron chi connectivity index (χ0n) is 14.8. The molecule has 0 bridgehead atoms. The fraction of sp³-hybridized carbons (Fsp3) is 0.333. The number of carbonyl (C=O) groups is 1. The van der Waals surface area contributed by atoms with Gasteiger partial charge in [0.05, 0.1) is 24.9 Å². The summed E-state index contributed by atoms with van der Waals surface area (Å²) in [6, 6.07) is 4.74. The third-order valence-electron chi connectivity index (χ3n) is 4.04. The maximum Gasteiger partial charge on any atom is 0.272 e. The van der Waals surface area contributed by atoms with Gasteiger partial charge in [-0.2, -0.15) is 5.10 Å². The standard InChI is InChI=1S/C18H22N6O2/c1-12(2)17-20-6-7-24(17)10-14-8-15(23-22-14)18(26)21-16(11-25)13-4-3-5-19-9-13/h3-9,12,16,25H,10-11H2,1-2H3,(H,21,26)(H,22,23). The van der Waals surface area contributed by atoms with Crippen molar-refractivity contribution in [2.75, 3.05) is 6.61 Å². The summed E-state index contributed by atoms with van der Waals surface area (Å²) in [5.41, 5.74) is 1.81. The fourth-order valence-electron chi connectivity index (χ4n) is 2.75. The van der Waals surface area contributed by atoms with E-state index in [1.807, 2.05) is 10.8 Å². The van der Waals surface area contributed by atoms with Crippen molar-refractivity contribution in [1.82, 2.24) is 30.0 Å². The molecular formula is C18H22N6O2. The van der Waals surface area contributed by atoms with Crippen molar-refractivity contribution in [3.05, 3.63) is 65.8 Å². The van der Waals surface area contributed by atoms with Gasteiger partial charge in [-0.3, -0.25) is 14.9 Å². The molecule has 0 radical (unpaired) electrons. The van der Waals surface area contributed by atoms with Crippen LogP contribution in [0.5, 0.6) is 0 Å². The molecule has 0 aliphatic heterocycles. The Balaban J connectivity index is 1.69. The summed E-state index contributed by atoms with van der Waals surface area (Å²) >= 11 is 0. The number of pyridine rings is 1. The first-order valence-corrected chi connectivity index (χ1v) is 8.45. The Bertz CT molecular complexity index is 855. The van der Waals surface area contributed by atoms with E-state index >= 15 is 0 Å². The number of aromatic amines is 1. The summed E-state index contributed by atoms with van der Waals surface area (Å²) in [5, 5.41) is 19.3. The smallest absolute Gasteiger partial charge is 0.272 e. The summed E-state index contributed by atoms with van der Waals surface area (Å²) in [5.74, 6) is 0.924. The van der Waals surface area contributed by atoms with Crippen molar-refractivity contribution in [3.63, 3.8) is 0 Å². The molecule has 3 N–H and O–H groups in total. The van der Waals surface area contributed by atoms with E-state index < -0.39 is 6.04 Å². The van der Waals surface area contributed by atoms with Crippen molar-refractivity contribution in [2.45, 2.75) is 32.4 Å². The van der Waals surface area contributed by atoms with Gasteiger partial charge in [0, 0.05) is 30.7 Å². The first-order chi connectivity index (χ1) is 12.6. The summed E-state index contributed by atoms with van der Waals surface area (Å²) in [7, 11) is 0. The molecule has 26 heavy (non-hydrogen) atoms. The molecule has 1 unspecified atom stereocenters. The zero-order valence-corrected chi connectivity index (χ0v) is 14.8. The van der Waals surface area contributed by atoms with E-state index in [9.17, 15) is 9.90 Å². The number of aromatic nitrogens is 5. The summed E-state index contributed by atoms with van der Waals surface area (Å²) in [4.78, 5) is 20.8. The first kappa shape index (κ1) is 17.8. The molecule has 3 rings (SSSR count). The fourth-order valence-corrected chi connectivity index (χ4v) is 2.75. The number of H-pyrrole nitrogens is 1. The maximum atomic E-state index is 12.4. The number of amides is 1. The first-order valence-electron chi connectivity index (χ1n) is 8.45. The summed E-state index contributed by atoms with van der Waals surface area (Å²) < 4.78 is 2.02. The van der Waals surface area contributed by atoms with Crippen LogP contribution < -0.4 is 5.32 Å². The number of imidazole rings is 1. The predicted molar refractivity (Wildman–Crippen MR) is 95.5 cm³/mol. The van der Waals surface area contributed by atoms with Gasteiger partial charge in [-0.1, -0.05) is 19.9 Å². The van der Waals surface area contributed by atoms with Gasteiger partial charge in [0.1, 0.15) is 11.5 Å². The van der Waals surface area contributed by atoms with Gasteiger partial charge in [-0.15, -0.1) is 0 Å². The summed E-state index contributed by atoms with van der Waals surface area (Å²) in [6.45, 7) is 4.50. The average Bonchev–Trinajstić information content (AvgIpc) is 3.30. The second-order valence-corrected chi connectivity index (χ2v) is 6.34. The largest absolute Gasteiger partial charge is 0.394 e. The van der Waals surface area contributed by atoms with Gasteiger partial charge < -0.3 is 15.0 Å². The van der Waals surface area contributed by atoms with E-state index in [-0.39, 0.29) is 18.2 Å². The van der Waals surface area contributed by atoms with Crippen molar-refractivity contribution in [1.29, 1.82) is 0 Å². The molecule has 3 heterocycles. The van der Waals surface area contributed by atoms with Crippen molar-refractivity contribution < 1.29 is 9.90 Å². The van der Waals surface area contributed by atoms with Gasteiger partial charge in [-0.05, 0) is 17.7 Å². The number of hydrogen-bond donors (Lipinski definition) is 3. The lowest BCUT2D eigenvalue weighted by molar-refractivity contribution is 0.0911. The molecule has 0 aliphatic carbocycles. The van der Waals surface area contributed by atoms with Crippen LogP contribution in [0.25, 0.3) is 0 Å². The minimum Gasteiger partial charge on any atom is -0.394 e. The normalized spacial score (nSPS) is 12.3. The van der Waals surface area contributed by atoms with Crippen LogP contribution in [0, 0.1) is 0 Å². The van der Waals surface area contributed by atoms with Gasteiger partial charge >= 0.3 is 0 Å². The van der Waals surface area contributed by atoms with Gasteiger partial charge in [0.15, 0.2) is 0 Å². The third kappa shape index (κ3) is 3.97. The van der Waals surface area contributed by atoms with E-state index in [4.69, 9.17) is 0 Å². The highest BCUT2D eigenvalue weighted by molar-refractivity contribution is 5.92. The molecular weight excluding hydrogens is 332 g/mol. The summed E-state index contributed by atoms with van der Waals surface area (Å²) in [6.07, 6.45) is 6.92. The molecule has 136 valence electrons. The van der Waals surface area contributed by atoms with Crippen LogP contribution in [-0.4, -0.2) is 42.4 Å². The van der Waals surface area contributed by atoms with Crippen LogP contribution in [0.2, 0.25) is 0 Å². The number of nitrogens with zero attached hydrogens (tertiary/aromatic N) is 4. The molecule has 8 nitrogen and oxygen atoms in total. The number of aliphatic hydroxyl groups excluding tert-OH is 1. The molecule has 8 heteroatoms. The van der Waals surface area contributed by atoms with E-state index in [0.29, 0.717) is 12.5 Å². The molecule has 0 spiro atoms. The molecule has 0 saturated heterocycles. The molecule has 1 atom stereocenters. The van der Waals surface area contributed by atoms with E-state index in [1.54, 1.807) is 36.8 Å². The van der Waals surface area contributed by atoms with Crippen LogP contribution in [0.1, 0.15) is 53.4 Å². The lowest BCUT2D eigenvalue weighted by atomic mass is 10.1. The van der Waals surface area contributed by atoms with Crippen LogP contribution >= 0.6 is 0 Å². The molecule has 0 saturated carbocycles. The van der Waals surface area contributed by atoms with Crippen molar-refractivity contribution in [3.8, 4) is 0 Å². The number of aliphatic hydroxyl groups is 1. The monoisotopic (exact) mass is 354 g/mol. The van der Waals surface area contributed by atoms with Crippen LogP contribution in [0.3, 0.4) is 0 Å².